The third-order valence-corrected chi connectivity index (χ3v) is 4.31. The first-order chi connectivity index (χ1) is 9.35. The van der Waals surface area contributed by atoms with Crippen LogP contribution >= 0.6 is 11.3 Å². The predicted molar refractivity (Wildman–Crippen MR) is 77.3 cm³/mol. The number of aryl methyl sites for hydroxylation is 1. The van der Waals surface area contributed by atoms with Crippen LogP contribution in [0.3, 0.4) is 0 Å². The lowest BCUT2D eigenvalue weighted by Gasteiger charge is -2.07. The summed E-state index contributed by atoms with van der Waals surface area (Å²) in [6, 6.07) is 6.67. The largest absolute Gasteiger partial charge is 0.480 e. The van der Waals surface area contributed by atoms with Crippen LogP contribution in [-0.4, -0.2) is 30.2 Å². The summed E-state index contributed by atoms with van der Waals surface area (Å²) in [7, 11) is -3.89. The van der Waals surface area contributed by atoms with Crippen LogP contribution in [0.1, 0.15) is 5.01 Å². The molecule has 0 radical (unpaired) electrons. The third kappa shape index (κ3) is 3.78. The number of aromatic nitrogens is 1. The van der Waals surface area contributed by atoms with Gasteiger partial charge >= 0.3 is 5.97 Å². The molecule has 0 aliphatic rings. The molecule has 0 aliphatic carbocycles. The molecule has 2 aromatic rings. The van der Waals surface area contributed by atoms with Gasteiger partial charge < -0.3 is 5.11 Å². The molecule has 0 atom stereocenters. The Labute approximate surface area is 120 Å². The molecule has 6 nitrogen and oxygen atoms in total. The van der Waals surface area contributed by atoms with Gasteiger partial charge in [0.25, 0.3) is 0 Å². The van der Waals surface area contributed by atoms with Crippen LogP contribution < -0.4 is 4.72 Å². The number of hydrogen-bond acceptors (Lipinski definition) is 5. The smallest absolute Gasteiger partial charge is 0.320 e. The van der Waals surface area contributed by atoms with Gasteiger partial charge in [0.2, 0.25) is 10.0 Å². The van der Waals surface area contributed by atoms with Crippen molar-refractivity contribution in [2.24, 2.45) is 0 Å². The minimum atomic E-state index is -3.89. The minimum Gasteiger partial charge on any atom is -0.480 e. The lowest BCUT2D eigenvalue weighted by atomic mass is 10.1. The van der Waals surface area contributed by atoms with E-state index in [9.17, 15) is 13.2 Å². The summed E-state index contributed by atoms with van der Waals surface area (Å²) in [6.45, 7) is 1.88. The number of aliphatic carboxylic acids is 1. The van der Waals surface area contributed by atoms with Crippen molar-refractivity contribution < 1.29 is 18.3 Å². The van der Waals surface area contributed by atoms with Crippen LogP contribution in [0, 0.1) is 6.92 Å². The lowest BCUT2D eigenvalue weighted by molar-refractivity contribution is -0.134. The third-order valence-electron chi connectivity index (χ3n) is 2.36. The van der Waals surface area contributed by atoms with Crippen LogP contribution in [0.4, 0.5) is 5.69 Å². The molecule has 106 valence electrons. The van der Waals surface area contributed by atoms with Crippen molar-refractivity contribution in [1.82, 2.24) is 4.98 Å². The van der Waals surface area contributed by atoms with Gasteiger partial charge in [-0.1, -0.05) is 12.1 Å². The van der Waals surface area contributed by atoms with Crippen molar-refractivity contribution in [3.63, 3.8) is 0 Å². The second kappa shape index (κ2) is 5.59. The highest BCUT2D eigenvalue weighted by Gasteiger charge is 2.15. The summed E-state index contributed by atoms with van der Waals surface area (Å²) in [5.41, 5.74) is 1.84. The first-order valence-electron chi connectivity index (χ1n) is 5.60. The molecule has 0 fully saturated rings. The Kier molecular flexibility index (Phi) is 4.05. The van der Waals surface area contributed by atoms with Crippen molar-refractivity contribution in [1.29, 1.82) is 0 Å². The van der Waals surface area contributed by atoms with E-state index in [1.807, 2.05) is 18.4 Å². The van der Waals surface area contributed by atoms with Gasteiger partial charge in [0, 0.05) is 16.6 Å². The normalized spacial score (nSPS) is 11.2. The van der Waals surface area contributed by atoms with Gasteiger partial charge in [0.05, 0.1) is 10.7 Å². The maximum absolute atomic E-state index is 11.6. The van der Waals surface area contributed by atoms with Crippen LogP contribution in [0.25, 0.3) is 11.3 Å². The molecule has 1 aromatic carbocycles. The van der Waals surface area contributed by atoms with Crippen molar-refractivity contribution in [2.75, 3.05) is 10.5 Å². The molecule has 8 heteroatoms. The highest BCUT2D eigenvalue weighted by atomic mass is 32.2. The Balaban J connectivity index is 2.25. The van der Waals surface area contributed by atoms with Crippen molar-refractivity contribution in [3.8, 4) is 11.3 Å². The maximum Gasteiger partial charge on any atom is 0.320 e. The van der Waals surface area contributed by atoms with Gasteiger partial charge in [-0.25, -0.2) is 13.4 Å². The Morgan fingerprint density at radius 3 is 2.80 bits per heavy atom. The molecule has 0 spiro atoms. The second-order valence-corrected chi connectivity index (χ2v) is 6.87. The topological polar surface area (TPSA) is 96.4 Å². The number of thiazole rings is 1. The molecule has 0 saturated heterocycles. The van der Waals surface area contributed by atoms with Crippen molar-refractivity contribution in [2.45, 2.75) is 6.92 Å². The fourth-order valence-electron chi connectivity index (χ4n) is 1.62. The monoisotopic (exact) mass is 312 g/mol. The molecule has 2 rings (SSSR count). The first kappa shape index (κ1) is 14.5. The van der Waals surface area contributed by atoms with E-state index in [0.717, 1.165) is 16.3 Å². The maximum atomic E-state index is 11.6. The van der Waals surface area contributed by atoms with E-state index >= 15 is 0 Å². The van der Waals surface area contributed by atoms with E-state index in [1.165, 1.54) is 11.3 Å². The summed E-state index contributed by atoms with van der Waals surface area (Å²) in [6.07, 6.45) is 0. The summed E-state index contributed by atoms with van der Waals surface area (Å²) >= 11 is 1.50. The second-order valence-electron chi connectivity index (χ2n) is 4.09. The van der Waals surface area contributed by atoms with Gasteiger partial charge in [-0.2, -0.15) is 0 Å². The molecule has 0 saturated carbocycles. The molecule has 1 heterocycles. The molecular weight excluding hydrogens is 300 g/mol. The number of anilines is 1. The Morgan fingerprint density at radius 1 is 1.45 bits per heavy atom. The summed E-state index contributed by atoms with van der Waals surface area (Å²) < 4.78 is 25.3. The highest BCUT2D eigenvalue weighted by Crippen LogP contribution is 2.24. The SMILES string of the molecule is Cc1nc(-c2cccc(NS(=O)(=O)CC(=O)O)c2)cs1. The first-order valence-corrected chi connectivity index (χ1v) is 8.14. The Bertz CT molecular complexity index is 737. The van der Waals surface area contributed by atoms with Gasteiger partial charge in [0.15, 0.2) is 5.75 Å². The number of nitrogens with zero attached hydrogens (tertiary/aromatic N) is 1. The number of carboxylic acids is 1. The molecule has 0 bridgehead atoms. The molecular formula is C12H12N2O4S2. The van der Waals surface area contributed by atoms with Crippen molar-refractivity contribution >= 4 is 33.0 Å². The highest BCUT2D eigenvalue weighted by molar-refractivity contribution is 7.93. The van der Waals surface area contributed by atoms with Gasteiger partial charge in [-0.15, -0.1) is 11.3 Å². The zero-order valence-corrected chi connectivity index (χ0v) is 12.2. The Hall–Kier alpha value is -1.93. The standard InChI is InChI=1S/C12H12N2O4S2/c1-8-13-11(6-19-8)9-3-2-4-10(5-9)14-20(17,18)7-12(15)16/h2-6,14H,7H2,1H3,(H,15,16). The minimum absolute atomic E-state index is 0.314. The Morgan fingerprint density at radius 2 is 2.20 bits per heavy atom. The van der Waals surface area contributed by atoms with Crippen LogP contribution in [0.15, 0.2) is 29.6 Å². The van der Waals surface area contributed by atoms with E-state index in [-0.39, 0.29) is 0 Å². The number of rotatable bonds is 5. The summed E-state index contributed by atoms with van der Waals surface area (Å²) in [4.78, 5) is 14.8. The number of carboxylic acid groups (broad SMARTS) is 1. The zero-order chi connectivity index (χ0) is 14.8. The van der Waals surface area contributed by atoms with E-state index in [0.29, 0.717) is 5.69 Å². The van der Waals surface area contributed by atoms with E-state index in [2.05, 4.69) is 9.71 Å². The fourth-order valence-corrected chi connectivity index (χ4v) is 3.12. The van der Waals surface area contributed by atoms with E-state index < -0.39 is 21.7 Å². The van der Waals surface area contributed by atoms with Gasteiger partial charge in [-0.05, 0) is 19.1 Å². The number of nitrogens with one attached hydrogen (secondary N) is 1. The number of benzene rings is 1. The van der Waals surface area contributed by atoms with E-state index in [4.69, 9.17) is 5.11 Å². The average molecular weight is 312 g/mol. The van der Waals surface area contributed by atoms with E-state index in [1.54, 1.807) is 18.2 Å². The zero-order valence-electron chi connectivity index (χ0n) is 10.5. The molecule has 20 heavy (non-hydrogen) atoms. The van der Waals surface area contributed by atoms with Crippen LogP contribution in [0.2, 0.25) is 0 Å². The molecule has 1 aromatic heterocycles. The number of hydrogen-bond donors (Lipinski definition) is 2. The average Bonchev–Trinajstić information content (AvgIpc) is 2.73. The molecule has 0 aliphatic heterocycles. The lowest BCUT2D eigenvalue weighted by Crippen LogP contribution is -2.22. The van der Waals surface area contributed by atoms with Crippen molar-refractivity contribution in [3.05, 3.63) is 34.7 Å². The number of carbonyl (C=O) groups is 1. The van der Waals surface area contributed by atoms with Crippen LogP contribution in [0.5, 0.6) is 0 Å². The quantitative estimate of drug-likeness (QED) is 0.879. The predicted octanol–water partition coefficient (Wildman–Crippen LogP) is 1.94. The molecule has 0 amide bonds. The molecule has 2 N–H and O–H groups in total. The fraction of sp³-hybridized carbons (Fsp3) is 0.167. The van der Waals surface area contributed by atoms with Crippen LogP contribution in [-0.2, 0) is 14.8 Å². The summed E-state index contributed by atoms with van der Waals surface area (Å²) in [5.74, 6) is -2.36. The summed E-state index contributed by atoms with van der Waals surface area (Å²) in [5, 5.41) is 11.3. The molecule has 0 unspecified atom stereocenters. The number of sulfonamides is 1. The van der Waals surface area contributed by atoms with Gasteiger partial charge in [-0.3, -0.25) is 9.52 Å². The van der Waals surface area contributed by atoms with Gasteiger partial charge in [0.1, 0.15) is 0 Å².